The van der Waals surface area contributed by atoms with Crippen molar-refractivity contribution in [3.63, 3.8) is 0 Å². The van der Waals surface area contributed by atoms with Gasteiger partial charge in [0.2, 0.25) is 8.32 Å². The normalized spacial score (nSPS) is 13.9. The highest BCUT2D eigenvalue weighted by Crippen LogP contribution is 2.44. The van der Waals surface area contributed by atoms with Crippen LogP contribution < -0.4 is 0 Å². The van der Waals surface area contributed by atoms with E-state index in [2.05, 4.69) is 41.5 Å². The van der Waals surface area contributed by atoms with Crippen LogP contribution in [0.3, 0.4) is 0 Å². The van der Waals surface area contributed by atoms with Crippen molar-refractivity contribution in [2.24, 2.45) is 0 Å². The smallest absolute Gasteiger partial charge is 0.201 e. The van der Waals surface area contributed by atoms with Gasteiger partial charge in [-0.05, 0) is 30.5 Å². The molecule has 0 spiro atoms. The molecule has 0 saturated carbocycles. The van der Waals surface area contributed by atoms with Crippen molar-refractivity contribution in [3.8, 4) is 0 Å². The van der Waals surface area contributed by atoms with E-state index in [9.17, 15) is 4.79 Å². The molecule has 0 aliphatic carbocycles. The Balaban J connectivity index is 5.29. The van der Waals surface area contributed by atoms with Gasteiger partial charge in [-0.2, -0.15) is 0 Å². The summed E-state index contributed by atoms with van der Waals surface area (Å²) >= 11 is 0. The van der Waals surface area contributed by atoms with Gasteiger partial charge in [-0.1, -0.05) is 41.5 Å². The topological polar surface area (TPSA) is 26.3 Å². The van der Waals surface area contributed by atoms with Crippen LogP contribution in [0.1, 0.15) is 55.4 Å². The molecule has 0 aromatic carbocycles. The number of aldehydes is 1. The van der Waals surface area contributed by atoms with Gasteiger partial charge >= 0.3 is 0 Å². The van der Waals surface area contributed by atoms with E-state index in [0.717, 1.165) is 6.29 Å². The predicted molar refractivity (Wildman–Crippen MR) is 72.3 cm³/mol. The lowest BCUT2D eigenvalue weighted by Gasteiger charge is -2.45. The quantitative estimate of drug-likeness (QED) is 0.518. The molecule has 3 heteroatoms. The minimum Gasteiger partial charge on any atom is -0.404 e. The lowest BCUT2D eigenvalue weighted by atomic mass is 10.2. The van der Waals surface area contributed by atoms with Gasteiger partial charge in [-0.15, -0.1) is 0 Å². The van der Waals surface area contributed by atoms with Crippen molar-refractivity contribution in [1.29, 1.82) is 0 Å². The summed E-state index contributed by atoms with van der Waals surface area (Å²) in [5, 5.41) is 0. The van der Waals surface area contributed by atoms with Crippen molar-refractivity contribution < 1.29 is 9.22 Å². The molecule has 96 valence electrons. The molecule has 0 aliphatic rings. The van der Waals surface area contributed by atoms with Gasteiger partial charge in [0.1, 0.15) is 11.9 Å². The standard InChI is InChI=1S/C13H28O2Si/c1-10(2)16(11(3)4,12(5)6)15-13(7,8)9-14/h9-12H,1-8H3. The van der Waals surface area contributed by atoms with Crippen molar-refractivity contribution in [2.45, 2.75) is 77.6 Å². The SMILES string of the molecule is CC(C)[Si](OC(C)(C)C=O)(C(C)C)C(C)C. The summed E-state index contributed by atoms with van der Waals surface area (Å²) in [6.07, 6.45) is 0.932. The van der Waals surface area contributed by atoms with Gasteiger partial charge < -0.3 is 9.22 Å². The van der Waals surface area contributed by atoms with Gasteiger partial charge in [0.15, 0.2) is 0 Å². The molecule has 0 unspecified atom stereocenters. The van der Waals surface area contributed by atoms with Crippen molar-refractivity contribution in [1.82, 2.24) is 0 Å². The molecule has 0 fully saturated rings. The van der Waals surface area contributed by atoms with Crippen LogP contribution in [0.25, 0.3) is 0 Å². The van der Waals surface area contributed by atoms with Gasteiger partial charge in [0, 0.05) is 0 Å². The summed E-state index contributed by atoms with van der Waals surface area (Å²) in [7, 11) is -1.92. The van der Waals surface area contributed by atoms with Gasteiger partial charge in [0.05, 0.1) is 0 Å². The van der Waals surface area contributed by atoms with Crippen LogP contribution in [0, 0.1) is 0 Å². The van der Waals surface area contributed by atoms with E-state index in [1.807, 2.05) is 13.8 Å². The van der Waals surface area contributed by atoms with E-state index in [4.69, 9.17) is 4.43 Å². The summed E-state index contributed by atoms with van der Waals surface area (Å²) in [6, 6.07) is 0. The highest BCUT2D eigenvalue weighted by molar-refractivity contribution is 6.77. The molecule has 2 nitrogen and oxygen atoms in total. The van der Waals surface area contributed by atoms with E-state index in [1.54, 1.807) is 0 Å². The average molecular weight is 244 g/mol. The number of hydrogen-bond acceptors (Lipinski definition) is 2. The highest BCUT2D eigenvalue weighted by Gasteiger charge is 2.48. The molecule has 0 N–H and O–H groups in total. The Morgan fingerprint density at radius 1 is 0.938 bits per heavy atom. The lowest BCUT2D eigenvalue weighted by Crippen LogP contribution is -2.53. The Labute approximate surface area is 102 Å². The second kappa shape index (κ2) is 5.45. The zero-order chi connectivity index (χ0) is 13.1. The molecule has 0 heterocycles. The Kier molecular flexibility index (Phi) is 5.40. The van der Waals surface area contributed by atoms with Crippen LogP contribution >= 0.6 is 0 Å². The predicted octanol–water partition coefficient (Wildman–Crippen LogP) is 4.16. The summed E-state index contributed by atoms with van der Waals surface area (Å²) in [5.74, 6) is 0. The fraction of sp³-hybridized carbons (Fsp3) is 0.923. The molecular formula is C13H28O2Si. The van der Waals surface area contributed by atoms with Crippen molar-refractivity contribution >= 4 is 14.6 Å². The molecule has 0 radical (unpaired) electrons. The zero-order valence-electron chi connectivity index (χ0n) is 12.1. The second-order valence-electron chi connectivity index (χ2n) is 6.14. The summed E-state index contributed by atoms with van der Waals surface area (Å²) in [4.78, 5) is 11.1. The first-order chi connectivity index (χ1) is 7.10. The van der Waals surface area contributed by atoms with E-state index in [1.165, 1.54) is 0 Å². The number of carbonyl (C=O) groups excluding carboxylic acids is 1. The molecular weight excluding hydrogens is 216 g/mol. The summed E-state index contributed by atoms with van der Waals surface area (Å²) in [6.45, 7) is 17.1. The van der Waals surface area contributed by atoms with E-state index < -0.39 is 13.9 Å². The minimum absolute atomic E-state index is 0.520. The first kappa shape index (κ1) is 15.8. The fourth-order valence-corrected chi connectivity index (χ4v) is 8.50. The summed E-state index contributed by atoms with van der Waals surface area (Å²) < 4.78 is 6.33. The third-order valence-electron chi connectivity index (χ3n) is 3.43. The molecule has 0 amide bonds. The van der Waals surface area contributed by atoms with Gasteiger partial charge in [-0.25, -0.2) is 0 Å². The maximum atomic E-state index is 11.1. The van der Waals surface area contributed by atoms with E-state index in [-0.39, 0.29) is 0 Å². The zero-order valence-corrected chi connectivity index (χ0v) is 13.1. The number of rotatable bonds is 6. The Bertz CT molecular complexity index is 210. The van der Waals surface area contributed by atoms with Gasteiger partial charge in [0.25, 0.3) is 0 Å². The maximum absolute atomic E-state index is 11.1. The maximum Gasteiger partial charge on any atom is 0.201 e. The van der Waals surface area contributed by atoms with E-state index in [0.29, 0.717) is 16.6 Å². The van der Waals surface area contributed by atoms with Crippen LogP contribution in [0.2, 0.25) is 16.6 Å². The highest BCUT2D eigenvalue weighted by atomic mass is 28.4. The third kappa shape index (κ3) is 3.17. The molecule has 0 aromatic rings. The Morgan fingerprint density at radius 3 is 1.44 bits per heavy atom. The third-order valence-corrected chi connectivity index (χ3v) is 9.72. The average Bonchev–Trinajstić information content (AvgIpc) is 2.12. The first-order valence-electron chi connectivity index (χ1n) is 6.26. The van der Waals surface area contributed by atoms with Crippen LogP contribution in [0.15, 0.2) is 0 Å². The monoisotopic (exact) mass is 244 g/mol. The fourth-order valence-electron chi connectivity index (χ4n) is 2.83. The van der Waals surface area contributed by atoms with Crippen molar-refractivity contribution in [3.05, 3.63) is 0 Å². The molecule has 0 bridgehead atoms. The van der Waals surface area contributed by atoms with Crippen LogP contribution in [0.5, 0.6) is 0 Å². The molecule has 0 aromatic heterocycles. The number of hydrogen-bond donors (Lipinski definition) is 0. The summed E-state index contributed by atoms with van der Waals surface area (Å²) in [5.41, 5.74) is 0.913. The molecule has 0 atom stereocenters. The molecule has 0 saturated heterocycles. The molecule has 16 heavy (non-hydrogen) atoms. The Hall–Kier alpha value is -0.153. The van der Waals surface area contributed by atoms with Crippen LogP contribution in [-0.2, 0) is 9.22 Å². The van der Waals surface area contributed by atoms with E-state index >= 15 is 0 Å². The largest absolute Gasteiger partial charge is 0.404 e. The first-order valence-corrected chi connectivity index (χ1v) is 8.40. The van der Waals surface area contributed by atoms with Crippen LogP contribution in [0.4, 0.5) is 0 Å². The minimum atomic E-state index is -1.92. The number of carbonyl (C=O) groups is 1. The molecule has 0 rings (SSSR count). The lowest BCUT2D eigenvalue weighted by molar-refractivity contribution is -0.119. The Morgan fingerprint density at radius 2 is 1.25 bits per heavy atom. The van der Waals surface area contributed by atoms with Crippen molar-refractivity contribution in [2.75, 3.05) is 0 Å². The van der Waals surface area contributed by atoms with Gasteiger partial charge in [-0.3, -0.25) is 0 Å². The van der Waals surface area contributed by atoms with Crippen LogP contribution in [-0.4, -0.2) is 20.2 Å². The second-order valence-corrected chi connectivity index (χ2v) is 11.5. The molecule has 0 aliphatic heterocycles.